The van der Waals surface area contributed by atoms with Gasteiger partial charge in [-0.15, -0.1) is 0 Å². The number of hydrogen-bond acceptors (Lipinski definition) is 5. The van der Waals surface area contributed by atoms with Gasteiger partial charge < -0.3 is 16.0 Å². The second-order valence-corrected chi connectivity index (χ2v) is 6.72. The van der Waals surface area contributed by atoms with Gasteiger partial charge in [0.25, 0.3) is 5.91 Å². The highest BCUT2D eigenvalue weighted by Crippen LogP contribution is 2.29. The van der Waals surface area contributed by atoms with E-state index in [0.29, 0.717) is 24.2 Å². The van der Waals surface area contributed by atoms with Gasteiger partial charge in [-0.2, -0.15) is 0 Å². The van der Waals surface area contributed by atoms with E-state index in [2.05, 4.69) is 16.0 Å². The number of amides is 3. The molecule has 5 N–H and O–H groups in total. The molecule has 1 atom stereocenters. The van der Waals surface area contributed by atoms with Gasteiger partial charge in [-0.05, 0) is 37.0 Å². The lowest BCUT2D eigenvalue weighted by Gasteiger charge is -2.29. The Kier molecular flexibility index (Phi) is 6.97. The Morgan fingerprint density at radius 1 is 1.19 bits per heavy atom. The number of rotatable bonds is 8. The summed E-state index contributed by atoms with van der Waals surface area (Å²) >= 11 is 0. The van der Waals surface area contributed by atoms with Crippen LogP contribution in [0.1, 0.15) is 49.9 Å². The fraction of sp³-hybridized carbons (Fsp3) is 0.500. The van der Waals surface area contributed by atoms with Crippen molar-refractivity contribution in [2.45, 2.75) is 45.6 Å². The van der Waals surface area contributed by atoms with Crippen molar-refractivity contribution < 1.29 is 19.6 Å². The first-order chi connectivity index (χ1) is 12.4. The van der Waals surface area contributed by atoms with Crippen LogP contribution >= 0.6 is 0 Å². The monoisotopic (exact) mass is 362 g/mol. The van der Waals surface area contributed by atoms with Crippen molar-refractivity contribution in [3.63, 3.8) is 0 Å². The van der Waals surface area contributed by atoms with Crippen LogP contribution in [0.4, 0.5) is 11.4 Å². The molecule has 142 valence electrons. The summed E-state index contributed by atoms with van der Waals surface area (Å²) in [4.78, 5) is 35.2. The average molecular weight is 362 g/mol. The van der Waals surface area contributed by atoms with Crippen LogP contribution in [0.2, 0.25) is 0 Å². The molecule has 0 aliphatic carbocycles. The highest BCUT2D eigenvalue weighted by Gasteiger charge is 2.28. The third-order valence-corrected chi connectivity index (χ3v) is 4.29. The van der Waals surface area contributed by atoms with Crippen LogP contribution in [0.25, 0.3) is 0 Å². The topological polar surface area (TPSA) is 120 Å². The number of fused-ring (bicyclic) bond motifs is 1. The van der Waals surface area contributed by atoms with Gasteiger partial charge >= 0.3 is 0 Å². The first-order valence-electron chi connectivity index (χ1n) is 8.85. The van der Waals surface area contributed by atoms with E-state index in [-0.39, 0.29) is 30.2 Å². The van der Waals surface area contributed by atoms with Crippen molar-refractivity contribution in [1.29, 1.82) is 0 Å². The lowest BCUT2D eigenvalue weighted by Crippen LogP contribution is -2.42. The molecule has 3 amide bonds. The van der Waals surface area contributed by atoms with Crippen molar-refractivity contribution >= 4 is 29.1 Å². The summed E-state index contributed by atoms with van der Waals surface area (Å²) in [5, 5.41) is 17.3. The van der Waals surface area contributed by atoms with Gasteiger partial charge in [0.15, 0.2) is 0 Å². The van der Waals surface area contributed by atoms with E-state index >= 15 is 0 Å². The molecule has 1 unspecified atom stereocenters. The van der Waals surface area contributed by atoms with Crippen molar-refractivity contribution in [2.75, 3.05) is 17.2 Å². The second-order valence-electron chi connectivity index (χ2n) is 6.72. The average Bonchev–Trinajstić information content (AvgIpc) is 2.62. The Morgan fingerprint density at radius 2 is 1.96 bits per heavy atom. The smallest absolute Gasteiger partial charge is 0.251 e. The molecule has 1 aliphatic rings. The molecule has 0 bridgehead atoms. The third-order valence-electron chi connectivity index (χ3n) is 4.29. The summed E-state index contributed by atoms with van der Waals surface area (Å²) in [6.45, 7) is 4.44. The summed E-state index contributed by atoms with van der Waals surface area (Å²) in [6.07, 6.45) is 2.42. The molecule has 0 aromatic heterocycles. The van der Waals surface area contributed by atoms with Crippen LogP contribution in [-0.4, -0.2) is 35.5 Å². The minimum absolute atomic E-state index is 0.100. The van der Waals surface area contributed by atoms with E-state index in [1.807, 2.05) is 13.8 Å². The number of carbonyl (C=O) groups is 3. The number of anilines is 2. The molecule has 1 aromatic rings. The van der Waals surface area contributed by atoms with E-state index in [0.717, 1.165) is 18.5 Å². The Balaban J connectivity index is 1.83. The molecule has 0 saturated carbocycles. The highest BCUT2D eigenvalue weighted by atomic mass is 16.5. The van der Waals surface area contributed by atoms with Crippen LogP contribution in [-0.2, 0) is 9.59 Å². The second kappa shape index (κ2) is 9.19. The summed E-state index contributed by atoms with van der Waals surface area (Å²) < 4.78 is 0. The normalized spacial score (nSPS) is 15.7. The summed E-state index contributed by atoms with van der Waals surface area (Å²) in [6, 6.07) is 4.90. The van der Waals surface area contributed by atoms with Crippen molar-refractivity contribution in [3.8, 4) is 0 Å². The van der Waals surface area contributed by atoms with Gasteiger partial charge in [-0.3, -0.25) is 19.6 Å². The van der Waals surface area contributed by atoms with Gasteiger partial charge in [0.05, 0.1) is 11.4 Å². The predicted octanol–water partition coefficient (Wildman–Crippen LogP) is 1.87. The SMILES string of the molecule is CC(C)C1Nc2ccc(C(=O)NCCCCCC(=O)NO)cc2NC1=O. The van der Waals surface area contributed by atoms with E-state index in [1.54, 1.807) is 23.7 Å². The van der Waals surface area contributed by atoms with E-state index in [9.17, 15) is 14.4 Å². The van der Waals surface area contributed by atoms with Crippen LogP contribution in [0.15, 0.2) is 18.2 Å². The van der Waals surface area contributed by atoms with Crippen molar-refractivity contribution in [2.24, 2.45) is 5.92 Å². The largest absolute Gasteiger partial charge is 0.372 e. The summed E-state index contributed by atoms with van der Waals surface area (Å²) in [5.74, 6) is -0.550. The van der Waals surface area contributed by atoms with Crippen molar-refractivity contribution in [1.82, 2.24) is 10.8 Å². The molecule has 0 fully saturated rings. The zero-order valence-electron chi connectivity index (χ0n) is 15.1. The van der Waals surface area contributed by atoms with Gasteiger partial charge in [0.2, 0.25) is 11.8 Å². The van der Waals surface area contributed by atoms with E-state index < -0.39 is 5.91 Å². The molecule has 1 aromatic carbocycles. The zero-order valence-corrected chi connectivity index (χ0v) is 15.1. The first-order valence-corrected chi connectivity index (χ1v) is 8.85. The fourth-order valence-corrected chi connectivity index (χ4v) is 2.77. The maximum atomic E-state index is 12.2. The molecule has 8 nitrogen and oxygen atoms in total. The lowest BCUT2D eigenvalue weighted by atomic mass is 9.99. The molecule has 26 heavy (non-hydrogen) atoms. The number of unbranched alkanes of at least 4 members (excludes halogenated alkanes) is 2. The Hall–Kier alpha value is -2.61. The first kappa shape index (κ1) is 19.7. The zero-order chi connectivity index (χ0) is 19.1. The highest BCUT2D eigenvalue weighted by molar-refractivity contribution is 6.05. The number of nitrogens with one attached hydrogen (secondary N) is 4. The summed E-state index contributed by atoms with van der Waals surface area (Å²) in [7, 11) is 0. The van der Waals surface area contributed by atoms with Crippen LogP contribution in [0.3, 0.4) is 0 Å². The minimum atomic E-state index is -0.404. The Morgan fingerprint density at radius 3 is 2.65 bits per heavy atom. The fourth-order valence-electron chi connectivity index (χ4n) is 2.77. The van der Waals surface area contributed by atoms with Crippen molar-refractivity contribution in [3.05, 3.63) is 23.8 Å². The third kappa shape index (κ3) is 5.19. The standard InChI is InChI=1S/C18H26N4O4/c1-11(2)16-18(25)21-14-10-12(7-8-13(14)20-16)17(24)19-9-5-3-4-6-15(23)22-26/h7-8,10-11,16,20,26H,3-6,9H2,1-2H3,(H,19,24)(H,21,25)(H,22,23). The summed E-state index contributed by atoms with van der Waals surface area (Å²) in [5.41, 5.74) is 3.48. The number of hydrogen-bond donors (Lipinski definition) is 5. The molecule has 2 rings (SSSR count). The number of benzene rings is 1. The van der Waals surface area contributed by atoms with Gasteiger partial charge in [0, 0.05) is 18.5 Å². The van der Waals surface area contributed by atoms with Gasteiger partial charge in [0.1, 0.15) is 6.04 Å². The van der Waals surface area contributed by atoms with E-state index in [4.69, 9.17) is 5.21 Å². The predicted molar refractivity (Wildman–Crippen MR) is 98.1 cm³/mol. The molecule has 0 radical (unpaired) electrons. The minimum Gasteiger partial charge on any atom is -0.372 e. The number of hydroxylamine groups is 1. The molecule has 1 heterocycles. The Labute approximate surface area is 152 Å². The van der Waals surface area contributed by atoms with E-state index in [1.165, 1.54) is 0 Å². The maximum Gasteiger partial charge on any atom is 0.251 e. The van der Waals surface area contributed by atoms with Gasteiger partial charge in [-0.25, -0.2) is 5.48 Å². The van der Waals surface area contributed by atoms with Crippen LogP contribution in [0, 0.1) is 5.92 Å². The number of carbonyl (C=O) groups excluding carboxylic acids is 3. The Bertz CT molecular complexity index is 675. The molecular weight excluding hydrogens is 336 g/mol. The quantitative estimate of drug-likeness (QED) is 0.275. The van der Waals surface area contributed by atoms with Crippen LogP contribution < -0.4 is 21.4 Å². The van der Waals surface area contributed by atoms with Gasteiger partial charge in [-0.1, -0.05) is 20.3 Å². The molecule has 0 spiro atoms. The van der Waals surface area contributed by atoms with Crippen LogP contribution in [0.5, 0.6) is 0 Å². The maximum absolute atomic E-state index is 12.2. The molecular formula is C18H26N4O4. The lowest BCUT2D eigenvalue weighted by molar-refractivity contribution is -0.129. The molecule has 8 heteroatoms. The molecule has 1 aliphatic heterocycles. The molecule has 0 saturated heterocycles.